The summed E-state index contributed by atoms with van der Waals surface area (Å²) in [4.78, 5) is 16.1. The van der Waals surface area contributed by atoms with Gasteiger partial charge in [-0.05, 0) is 54.6 Å². The maximum Gasteiger partial charge on any atom is 0.267 e. The van der Waals surface area contributed by atoms with Crippen LogP contribution >= 0.6 is 11.6 Å². The molecule has 6 nitrogen and oxygen atoms in total. The number of carbonyl (C=O) groups excluding carboxylic acids is 1. The number of rotatable bonds is 6. The Kier molecular flexibility index (Phi) is 6.68. The van der Waals surface area contributed by atoms with Gasteiger partial charge in [0.1, 0.15) is 16.9 Å². The predicted molar refractivity (Wildman–Crippen MR) is 112 cm³/mol. The Morgan fingerprint density at radius 3 is 2.32 bits per heavy atom. The Labute approximate surface area is 183 Å². The van der Waals surface area contributed by atoms with Crippen molar-refractivity contribution < 1.29 is 22.0 Å². The van der Waals surface area contributed by atoms with E-state index in [0.29, 0.717) is 5.02 Å². The van der Waals surface area contributed by atoms with E-state index in [1.165, 1.54) is 47.6 Å². The summed E-state index contributed by atoms with van der Waals surface area (Å²) in [6.07, 6.45) is 1.18. The normalized spacial score (nSPS) is 12.6. The van der Waals surface area contributed by atoms with Gasteiger partial charge in [0, 0.05) is 30.9 Å². The maximum absolute atomic E-state index is 14.6. The number of hydrogen-bond acceptors (Lipinski definition) is 5. The third-order valence-electron chi connectivity index (χ3n) is 4.34. The predicted octanol–water partition coefficient (Wildman–Crippen LogP) is 3.78. The quantitative estimate of drug-likeness (QED) is 0.560. The van der Waals surface area contributed by atoms with Crippen molar-refractivity contribution in [2.24, 2.45) is 0 Å². The molecule has 0 aliphatic rings. The minimum absolute atomic E-state index is 0.0687. The summed E-state index contributed by atoms with van der Waals surface area (Å²) < 4.78 is 55.3. The molecule has 0 radical (unpaired) electrons. The summed E-state index contributed by atoms with van der Waals surface area (Å²) >= 11 is 5.85. The molecule has 0 aliphatic carbocycles. The van der Waals surface area contributed by atoms with Gasteiger partial charge < -0.3 is 0 Å². The van der Waals surface area contributed by atoms with Gasteiger partial charge in [-0.2, -0.15) is 0 Å². The number of pyridine rings is 1. The lowest BCUT2D eigenvalue weighted by Crippen LogP contribution is -2.36. The molecule has 0 bridgehead atoms. The number of nitrogens with zero attached hydrogens (tertiary/aromatic N) is 2. The van der Waals surface area contributed by atoms with Gasteiger partial charge in [0.05, 0.1) is 16.2 Å². The van der Waals surface area contributed by atoms with Crippen LogP contribution in [0, 0.1) is 11.6 Å². The third kappa shape index (κ3) is 5.07. The van der Waals surface area contributed by atoms with Crippen LogP contribution < -0.4 is 5.43 Å². The molecule has 1 amide bonds. The van der Waals surface area contributed by atoms with E-state index < -0.39 is 38.2 Å². The first-order valence-electron chi connectivity index (χ1n) is 8.98. The van der Waals surface area contributed by atoms with Crippen LogP contribution in [0.25, 0.3) is 0 Å². The molecule has 3 aromatic rings. The van der Waals surface area contributed by atoms with Crippen molar-refractivity contribution in [1.29, 1.82) is 0 Å². The first-order valence-corrected chi connectivity index (χ1v) is 10.9. The zero-order chi connectivity index (χ0) is 22.8. The summed E-state index contributed by atoms with van der Waals surface area (Å²) in [5, 5.41) is 0.115. The van der Waals surface area contributed by atoms with E-state index >= 15 is 0 Å². The zero-order valence-electron chi connectivity index (χ0n) is 16.5. The Balaban J connectivity index is 2.14. The topological polar surface area (TPSA) is 79.4 Å². The van der Waals surface area contributed by atoms with E-state index in [0.717, 1.165) is 18.2 Å². The van der Waals surface area contributed by atoms with Crippen LogP contribution in [0.3, 0.4) is 0 Å². The van der Waals surface area contributed by atoms with Gasteiger partial charge in [0.15, 0.2) is 9.84 Å². The number of hydrogen-bond donors (Lipinski definition) is 1. The summed E-state index contributed by atoms with van der Waals surface area (Å²) in [7, 11) is -1.000. The summed E-state index contributed by atoms with van der Waals surface area (Å²) in [6, 6.07) is 10.6. The highest BCUT2D eigenvalue weighted by atomic mass is 35.5. The van der Waals surface area contributed by atoms with E-state index in [2.05, 4.69) is 10.4 Å². The first-order chi connectivity index (χ1) is 14.6. The zero-order valence-corrected chi connectivity index (χ0v) is 18.1. The average Bonchev–Trinajstić information content (AvgIpc) is 2.71. The summed E-state index contributed by atoms with van der Waals surface area (Å²) in [6.45, 7) is 0. The van der Waals surface area contributed by atoms with Gasteiger partial charge in [-0.1, -0.05) is 11.6 Å². The molecule has 0 saturated heterocycles. The van der Waals surface area contributed by atoms with Crippen molar-refractivity contribution >= 4 is 27.3 Å². The van der Waals surface area contributed by atoms with Crippen molar-refractivity contribution in [2.75, 3.05) is 14.1 Å². The van der Waals surface area contributed by atoms with Crippen LogP contribution in [0.2, 0.25) is 5.02 Å². The molecule has 1 atom stereocenters. The Bertz CT molecular complexity index is 1200. The van der Waals surface area contributed by atoms with Crippen molar-refractivity contribution in [3.05, 3.63) is 94.3 Å². The van der Waals surface area contributed by atoms with E-state index in [1.807, 2.05) is 0 Å². The molecule has 0 fully saturated rings. The molecule has 1 unspecified atom stereocenters. The molecule has 0 saturated carbocycles. The molecule has 1 heterocycles. The van der Waals surface area contributed by atoms with E-state index in [-0.39, 0.29) is 16.2 Å². The maximum atomic E-state index is 14.6. The fourth-order valence-corrected chi connectivity index (χ4v) is 4.81. The van der Waals surface area contributed by atoms with Crippen LogP contribution in [0.4, 0.5) is 8.78 Å². The standard InChI is InChI=1S/C21H18ClF2N3O3S/c1-27(2)26-21(28)13-3-10-19(25-12-13)20(17-11-15(23)6-9-18(17)24)31(29,30)16-7-4-14(22)5-8-16/h3-12,20H,1-2H3,(H,26,28). The van der Waals surface area contributed by atoms with Gasteiger partial charge in [-0.3, -0.25) is 15.2 Å². The Morgan fingerprint density at radius 2 is 1.74 bits per heavy atom. The smallest absolute Gasteiger partial charge is 0.267 e. The van der Waals surface area contributed by atoms with Crippen LogP contribution in [-0.2, 0) is 9.84 Å². The van der Waals surface area contributed by atoms with Gasteiger partial charge >= 0.3 is 0 Å². The molecule has 10 heteroatoms. The van der Waals surface area contributed by atoms with Gasteiger partial charge in [-0.25, -0.2) is 22.2 Å². The second-order valence-corrected chi connectivity index (χ2v) is 9.32. The SMILES string of the molecule is CN(C)NC(=O)c1ccc(C(c2cc(F)ccc2F)S(=O)(=O)c2ccc(Cl)cc2)nc1. The monoisotopic (exact) mass is 465 g/mol. The molecule has 31 heavy (non-hydrogen) atoms. The first kappa shape index (κ1) is 22.8. The van der Waals surface area contributed by atoms with E-state index in [4.69, 9.17) is 11.6 Å². The number of amides is 1. The number of nitrogens with one attached hydrogen (secondary N) is 1. The minimum Gasteiger partial charge on any atom is -0.285 e. The minimum atomic E-state index is -4.25. The van der Waals surface area contributed by atoms with Crippen LogP contribution in [0.15, 0.2) is 65.7 Å². The van der Waals surface area contributed by atoms with E-state index in [1.54, 1.807) is 14.1 Å². The van der Waals surface area contributed by atoms with Crippen molar-refractivity contribution in [3.8, 4) is 0 Å². The molecule has 0 spiro atoms. The fourth-order valence-electron chi connectivity index (χ4n) is 2.92. The largest absolute Gasteiger partial charge is 0.285 e. The van der Waals surface area contributed by atoms with E-state index in [9.17, 15) is 22.0 Å². The fraction of sp³-hybridized carbons (Fsp3) is 0.143. The highest BCUT2D eigenvalue weighted by Crippen LogP contribution is 2.36. The Hall–Kier alpha value is -2.88. The number of sulfone groups is 1. The van der Waals surface area contributed by atoms with Gasteiger partial charge in [0.25, 0.3) is 5.91 Å². The second kappa shape index (κ2) is 9.09. The summed E-state index contributed by atoms with van der Waals surface area (Å²) in [5.74, 6) is -2.16. The highest BCUT2D eigenvalue weighted by Gasteiger charge is 2.34. The number of carbonyl (C=O) groups is 1. The average molecular weight is 466 g/mol. The lowest BCUT2D eigenvalue weighted by Gasteiger charge is -2.19. The third-order valence-corrected chi connectivity index (χ3v) is 6.63. The molecule has 3 rings (SSSR count). The van der Waals surface area contributed by atoms with Crippen LogP contribution in [0.5, 0.6) is 0 Å². The Morgan fingerprint density at radius 1 is 1.06 bits per heavy atom. The molecular weight excluding hydrogens is 448 g/mol. The molecular formula is C21H18ClF2N3O3S. The van der Waals surface area contributed by atoms with Crippen LogP contribution in [0.1, 0.15) is 26.9 Å². The number of benzene rings is 2. The van der Waals surface area contributed by atoms with Gasteiger partial charge in [0.2, 0.25) is 0 Å². The van der Waals surface area contributed by atoms with Gasteiger partial charge in [-0.15, -0.1) is 0 Å². The molecule has 162 valence electrons. The lowest BCUT2D eigenvalue weighted by molar-refractivity contribution is 0.0856. The van der Waals surface area contributed by atoms with Crippen molar-refractivity contribution in [2.45, 2.75) is 10.1 Å². The van der Waals surface area contributed by atoms with Crippen molar-refractivity contribution in [1.82, 2.24) is 15.4 Å². The van der Waals surface area contributed by atoms with Crippen LogP contribution in [-0.4, -0.2) is 38.4 Å². The molecule has 0 aliphatic heterocycles. The molecule has 1 N–H and O–H groups in total. The molecule has 1 aromatic heterocycles. The highest BCUT2D eigenvalue weighted by molar-refractivity contribution is 7.91. The number of hydrazine groups is 1. The molecule has 2 aromatic carbocycles. The second-order valence-electron chi connectivity index (χ2n) is 6.85. The number of halogens is 3. The lowest BCUT2D eigenvalue weighted by atomic mass is 10.1. The summed E-state index contributed by atoms with van der Waals surface area (Å²) in [5.41, 5.74) is 2.23. The number of aromatic nitrogens is 1. The van der Waals surface area contributed by atoms with Crippen molar-refractivity contribution in [3.63, 3.8) is 0 Å².